The molecule has 1 nitrogen and oxygen atoms in total. The molecule has 4 rings (SSSR count). The van der Waals surface area contributed by atoms with Crippen molar-refractivity contribution in [2.75, 3.05) is 11.4 Å². The maximum absolute atomic E-state index is 2.47. The van der Waals surface area contributed by atoms with Crippen molar-refractivity contribution in [3.05, 3.63) is 72.3 Å². The van der Waals surface area contributed by atoms with Gasteiger partial charge >= 0.3 is 0 Å². The average molecular weight is 259 g/mol. The minimum atomic E-state index is 1.10. The fourth-order valence-corrected chi connectivity index (χ4v) is 3.23. The van der Waals surface area contributed by atoms with Crippen LogP contribution in [0, 0.1) is 0 Å². The van der Waals surface area contributed by atoms with E-state index < -0.39 is 0 Å². The van der Waals surface area contributed by atoms with Gasteiger partial charge in [-0.15, -0.1) is 0 Å². The van der Waals surface area contributed by atoms with Crippen molar-refractivity contribution in [3.63, 3.8) is 0 Å². The molecule has 0 atom stereocenters. The number of fused-ring (bicyclic) bond motifs is 3. The molecule has 3 aromatic carbocycles. The summed E-state index contributed by atoms with van der Waals surface area (Å²) in [5.41, 5.74) is 4.17. The number of rotatable bonds is 1. The number of hydrogen-bond donors (Lipinski definition) is 0. The van der Waals surface area contributed by atoms with Crippen LogP contribution in [0.3, 0.4) is 0 Å². The van der Waals surface area contributed by atoms with Gasteiger partial charge in [-0.25, -0.2) is 0 Å². The van der Waals surface area contributed by atoms with E-state index >= 15 is 0 Å². The molecule has 0 fully saturated rings. The van der Waals surface area contributed by atoms with Gasteiger partial charge in [-0.2, -0.15) is 0 Å². The van der Waals surface area contributed by atoms with Gasteiger partial charge in [0.2, 0.25) is 0 Å². The van der Waals surface area contributed by atoms with E-state index in [4.69, 9.17) is 0 Å². The Balaban J connectivity index is 1.97. The van der Waals surface area contributed by atoms with Gasteiger partial charge in [-0.3, -0.25) is 0 Å². The molecule has 1 heterocycles. The number of hydrogen-bond acceptors (Lipinski definition) is 1. The molecule has 0 aliphatic carbocycles. The van der Waals surface area contributed by atoms with Gasteiger partial charge in [0.15, 0.2) is 0 Å². The van der Waals surface area contributed by atoms with Crippen molar-refractivity contribution in [1.82, 2.24) is 0 Å². The summed E-state index contributed by atoms with van der Waals surface area (Å²) in [5, 5.41) is 2.70. The molecular weight excluding hydrogens is 242 g/mol. The highest BCUT2D eigenvalue weighted by atomic mass is 15.1. The van der Waals surface area contributed by atoms with Gasteiger partial charge in [0.05, 0.1) is 5.69 Å². The van der Waals surface area contributed by atoms with Crippen LogP contribution in [0.5, 0.6) is 0 Å². The van der Waals surface area contributed by atoms with Crippen LogP contribution in [0.1, 0.15) is 12.0 Å². The van der Waals surface area contributed by atoms with Crippen molar-refractivity contribution in [2.45, 2.75) is 12.8 Å². The molecular formula is C19H17N. The number of aryl methyl sites for hydroxylation is 1. The molecule has 0 radical (unpaired) electrons. The summed E-state index contributed by atoms with van der Waals surface area (Å²) in [7, 11) is 0. The van der Waals surface area contributed by atoms with Crippen LogP contribution in [0.2, 0.25) is 0 Å². The molecule has 1 aliphatic heterocycles. The van der Waals surface area contributed by atoms with E-state index in [-0.39, 0.29) is 0 Å². The number of nitrogens with zero attached hydrogens (tertiary/aromatic N) is 1. The highest BCUT2D eigenvalue weighted by molar-refractivity contribution is 5.98. The summed E-state index contributed by atoms with van der Waals surface area (Å²) in [4.78, 5) is 2.47. The van der Waals surface area contributed by atoms with Gasteiger partial charge in [-0.05, 0) is 35.9 Å². The van der Waals surface area contributed by atoms with E-state index in [0.29, 0.717) is 0 Å². The Bertz CT molecular complexity index is 746. The van der Waals surface area contributed by atoms with Crippen molar-refractivity contribution in [3.8, 4) is 0 Å². The van der Waals surface area contributed by atoms with Crippen LogP contribution in [-0.4, -0.2) is 6.54 Å². The Morgan fingerprint density at radius 1 is 0.750 bits per heavy atom. The highest BCUT2D eigenvalue weighted by Gasteiger charge is 2.20. The minimum absolute atomic E-state index is 1.10. The van der Waals surface area contributed by atoms with Crippen LogP contribution in [0.25, 0.3) is 10.8 Å². The largest absolute Gasteiger partial charge is 0.341 e. The predicted octanol–water partition coefficient (Wildman–Crippen LogP) is 4.92. The van der Waals surface area contributed by atoms with Gasteiger partial charge in [0.1, 0.15) is 0 Å². The first-order valence-electron chi connectivity index (χ1n) is 7.27. The molecule has 98 valence electrons. The maximum Gasteiger partial charge on any atom is 0.0522 e. The standard InChI is InChI=1S/C19H17N/c1-2-9-17(10-3-1)20-14-6-8-16-13-12-15-7-4-5-11-18(15)19(16)20/h1-5,7,9-13H,6,8,14H2. The van der Waals surface area contributed by atoms with Crippen molar-refractivity contribution < 1.29 is 0 Å². The summed E-state index contributed by atoms with van der Waals surface area (Å²) < 4.78 is 0. The van der Waals surface area contributed by atoms with Crippen molar-refractivity contribution in [1.29, 1.82) is 0 Å². The van der Waals surface area contributed by atoms with Crippen LogP contribution < -0.4 is 4.90 Å². The summed E-state index contributed by atoms with van der Waals surface area (Å²) >= 11 is 0. The minimum Gasteiger partial charge on any atom is -0.341 e. The van der Waals surface area contributed by atoms with Gasteiger partial charge < -0.3 is 4.90 Å². The fraction of sp³-hybridized carbons (Fsp3) is 0.158. The van der Waals surface area contributed by atoms with E-state index in [0.717, 1.165) is 6.54 Å². The first-order chi connectivity index (χ1) is 9.93. The quantitative estimate of drug-likeness (QED) is 0.599. The van der Waals surface area contributed by atoms with Crippen LogP contribution in [0.15, 0.2) is 66.7 Å². The SMILES string of the molecule is c1ccc(N2CCCc3ccc4ccccc4c32)cc1. The molecule has 0 saturated carbocycles. The number of para-hydroxylation sites is 1. The molecule has 0 spiro atoms. The summed E-state index contributed by atoms with van der Waals surface area (Å²) in [6, 6.07) is 24.0. The lowest BCUT2D eigenvalue weighted by Gasteiger charge is -2.32. The summed E-state index contributed by atoms with van der Waals surface area (Å²) in [5.74, 6) is 0. The van der Waals surface area contributed by atoms with E-state index in [1.54, 1.807) is 0 Å². The van der Waals surface area contributed by atoms with Crippen LogP contribution in [0.4, 0.5) is 11.4 Å². The van der Waals surface area contributed by atoms with E-state index in [1.807, 2.05) is 0 Å². The zero-order valence-corrected chi connectivity index (χ0v) is 11.4. The van der Waals surface area contributed by atoms with Crippen LogP contribution >= 0.6 is 0 Å². The zero-order chi connectivity index (χ0) is 13.4. The molecule has 0 aromatic heterocycles. The Labute approximate surface area is 119 Å². The van der Waals surface area contributed by atoms with Crippen LogP contribution in [-0.2, 0) is 6.42 Å². The number of benzene rings is 3. The van der Waals surface area contributed by atoms with Gasteiger partial charge in [-0.1, -0.05) is 54.6 Å². The first kappa shape index (κ1) is 11.5. The zero-order valence-electron chi connectivity index (χ0n) is 11.4. The lowest BCUT2D eigenvalue weighted by molar-refractivity contribution is 0.770. The third-order valence-electron chi connectivity index (χ3n) is 4.15. The van der Waals surface area contributed by atoms with Gasteiger partial charge in [0, 0.05) is 17.6 Å². The Hall–Kier alpha value is -2.28. The molecule has 3 aromatic rings. The topological polar surface area (TPSA) is 3.24 Å². The van der Waals surface area contributed by atoms with Crippen molar-refractivity contribution >= 4 is 22.1 Å². The highest BCUT2D eigenvalue weighted by Crippen LogP contribution is 2.38. The van der Waals surface area contributed by atoms with E-state index in [9.17, 15) is 0 Å². The molecule has 1 aliphatic rings. The molecule has 0 N–H and O–H groups in total. The predicted molar refractivity (Wildman–Crippen MR) is 85.7 cm³/mol. The molecule has 20 heavy (non-hydrogen) atoms. The second kappa shape index (κ2) is 4.68. The molecule has 0 bridgehead atoms. The molecule has 0 unspecified atom stereocenters. The first-order valence-corrected chi connectivity index (χ1v) is 7.27. The number of anilines is 2. The second-order valence-corrected chi connectivity index (χ2v) is 5.39. The van der Waals surface area contributed by atoms with E-state index in [1.165, 1.54) is 40.6 Å². The third kappa shape index (κ3) is 1.78. The average Bonchev–Trinajstić information content (AvgIpc) is 2.55. The van der Waals surface area contributed by atoms with Crippen molar-refractivity contribution in [2.24, 2.45) is 0 Å². The van der Waals surface area contributed by atoms with E-state index in [2.05, 4.69) is 71.6 Å². The van der Waals surface area contributed by atoms with Gasteiger partial charge in [0.25, 0.3) is 0 Å². The normalized spacial score (nSPS) is 14.3. The Morgan fingerprint density at radius 3 is 2.45 bits per heavy atom. The monoisotopic (exact) mass is 259 g/mol. The summed E-state index contributed by atoms with van der Waals surface area (Å²) in [6.07, 6.45) is 2.41. The molecule has 0 amide bonds. The lowest BCUT2D eigenvalue weighted by Crippen LogP contribution is -2.24. The Kier molecular flexibility index (Phi) is 2.70. The lowest BCUT2D eigenvalue weighted by atomic mass is 9.96. The third-order valence-corrected chi connectivity index (χ3v) is 4.15. The molecule has 0 saturated heterocycles. The molecule has 1 heteroatoms. The smallest absolute Gasteiger partial charge is 0.0522 e. The Morgan fingerprint density at radius 2 is 1.55 bits per heavy atom. The second-order valence-electron chi connectivity index (χ2n) is 5.39. The summed E-state index contributed by atoms with van der Waals surface area (Å²) in [6.45, 7) is 1.10. The maximum atomic E-state index is 2.47. The fourth-order valence-electron chi connectivity index (χ4n) is 3.23.